The van der Waals surface area contributed by atoms with Gasteiger partial charge in [-0.3, -0.25) is 4.79 Å². The summed E-state index contributed by atoms with van der Waals surface area (Å²) in [7, 11) is 0. The highest BCUT2D eigenvalue weighted by Crippen LogP contribution is 2.20. The zero-order valence-electron chi connectivity index (χ0n) is 17.8. The highest BCUT2D eigenvalue weighted by molar-refractivity contribution is 5.79. The van der Waals surface area contributed by atoms with Crippen molar-refractivity contribution in [3.8, 4) is 0 Å². The second-order valence-electron chi connectivity index (χ2n) is 8.85. The molecule has 1 heterocycles. The highest BCUT2D eigenvalue weighted by atomic mass is 16.6. The predicted molar refractivity (Wildman–Crippen MR) is 112 cm³/mol. The summed E-state index contributed by atoms with van der Waals surface area (Å²) in [6.07, 6.45) is 1.05. The number of hydrogen-bond acceptors (Lipinski definition) is 4. The Hall–Kier alpha value is -2.24. The van der Waals surface area contributed by atoms with Crippen LogP contribution in [0, 0.1) is 11.8 Å². The number of piperidine rings is 1. The minimum atomic E-state index is -0.497. The molecule has 28 heavy (non-hydrogen) atoms. The lowest BCUT2D eigenvalue weighted by Gasteiger charge is -2.33. The molecule has 0 spiro atoms. The topological polar surface area (TPSA) is 70.7 Å². The summed E-state index contributed by atoms with van der Waals surface area (Å²) < 4.78 is 5.41. The number of likely N-dealkylation sites (tertiary alicyclic amines) is 1. The van der Waals surface area contributed by atoms with Crippen molar-refractivity contribution in [3.63, 3.8) is 0 Å². The molecule has 1 atom stereocenters. The fourth-order valence-electron chi connectivity index (χ4n) is 3.21. The molecule has 1 aliphatic heterocycles. The van der Waals surface area contributed by atoms with E-state index in [-0.39, 0.29) is 24.0 Å². The van der Waals surface area contributed by atoms with Gasteiger partial charge in [-0.15, -0.1) is 0 Å². The molecule has 6 heteroatoms. The van der Waals surface area contributed by atoms with Crippen LogP contribution in [0.1, 0.15) is 47.5 Å². The Labute approximate surface area is 169 Å². The van der Waals surface area contributed by atoms with Crippen molar-refractivity contribution in [1.82, 2.24) is 10.2 Å². The van der Waals surface area contributed by atoms with Gasteiger partial charge in [0.1, 0.15) is 5.60 Å². The first-order valence-electron chi connectivity index (χ1n) is 10.2. The second kappa shape index (κ2) is 9.80. The Morgan fingerprint density at radius 2 is 1.75 bits per heavy atom. The molecule has 2 rings (SSSR count). The number of nitrogens with one attached hydrogen (secondary N) is 2. The molecule has 1 aromatic carbocycles. The van der Waals surface area contributed by atoms with Crippen LogP contribution >= 0.6 is 0 Å². The molecule has 0 radical (unpaired) electrons. The van der Waals surface area contributed by atoms with Gasteiger partial charge < -0.3 is 20.3 Å². The van der Waals surface area contributed by atoms with E-state index in [1.807, 2.05) is 51.1 Å². The van der Waals surface area contributed by atoms with Crippen LogP contribution in [0.4, 0.5) is 10.5 Å². The standard InChI is InChI=1S/C22H35N3O3/c1-16(2)19(24-18-9-7-6-8-10-18)15-23-20(26)17-11-13-25(14-12-17)21(27)28-22(3,4)5/h6-10,16-17,19,24H,11-15H2,1-5H3,(H,23,26). The maximum absolute atomic E-state index is 12.6. The largest absolute Gasteiger partial charge is 0.444 e. The van der Waals surface area contributed by atoms with E-state index in [0.29, 0.717) is 38.4 Å². The summed E-state index contributed by atoms with van der Waals surface area (Å²) in [5.74, 6) is 0.405. The summed E-state index contributed by atoms with van der Waals surface area (Å²) >= 11 is 0. The molecule has 6 nitrogen and oxygen atoms in total. The van der Waals surface area contributed by atoms with Gasteiger partial charge >= 0.3 is 6.09 Å². The molecule has 1 aliphatic rings. The number of ether oxygens (including phenoxy) is 1. The van der Waals surface area contributed by atoms with Crippen LogP contribution < -0.4 is 10.6 Å². The third-order valence-corrected chi connectivity index (χ3v) is 4.94. The van der Waals surface area contributed by atoms with E-state index in [4.69, 9.17) is 4.74 Å². The van der Waals surface area contributed by atoms with E-state index in [1.165, 1.54) is 0 Å². The second-order valence-corrected chi connectivity index (χ2v) is 8.85. The van der Waals surface area contributed by atoms with Crippen molar-refractivity contribution in [2.75, 3.05) is 25.0 Å². The number of hydrogen-bond donors (Lipinski definition) is 2. The van der Waals surface area contributed by atoms with Gasteiger partial charge in [-0.1, -0.05) is 32.0 Å². The van der Waals surface area contributed by atoms with Crippen molar-refractivity contribution >= 4 is 17.7 Å². The van der Waals surface area contributed by atoms with Crippen LogP contribution in [0.2, 0.25) is 0 Å². The molecular formula is C22H35N3O3. The number of carbonyl (C=O) groups is 2. The third kappa shape index (κ3) is 7.06. The first kappa shape index (κ1) is 22.1. The Kier molecular flexibility index (Phi) is 7.72. The fraction of sp³-hybridized carbons (Fsp3) is 0.636. The molecule has 1 aromatic rings. The van der Waals surface area contributed by atoms with Crippen molar-refractivity contribution in [3.05, 3.63) is 30.3 Å². The molecule has 2 amide bonds. The lowest BCUT2D eigenvalue weighted by atomic mass is 9.95. The Bertz CT molecular complexity index is 632. The summed E-state index contributed by atoms with van der Waals surface area (Å²) in [4.78, 5) is 26.5. The summed E-state index contributed by atoms with van der Waals surface area (Å²) in [5.41, 5.74) is 0.559. The quantitative estimate of drug-likeness (QED) is 0.774. The normalized spacial score (nSPS) is 16.6. The molecule has 0 aliphatic carbocycles. The SMILES string of the molecule is CC(C)C(CNC(=O)C1CCN(C(=O)OC(C)(C)C)CC1)Nc1ccccc1. The Morgan fingerprint density at radius 1 is 1.14 bits per heavy atom. The molecule has 0 saturated carbocycles. The van der Waals surface area contributed by atoms with Gasteiger partial charge in [0.15, 0.2) is 0 Å². The molecule has 2 N–H and O–H groups in total. The first-order valence-corrected chi connectivity index (χ1v) is 10.2. The number of amides is 2. The zero-order valence-corrected chi connectivity index (χ0v) is 17.8. The molecule has 0 bridgehead atoms. The van der Waals surface area contributed by atoms with Gasteiger partial charge in [-0.25, -0.2) is 4.79 Å². The van der Waals surface area contributed by atoms with Gasteiger partial charge in [0, 0.05) is 37.3 Å². The van der Waals surface area contributed by atoms with Crippen molar-refractivity contribution in [2.24, 2.45) is 11.8 Å². The van der Waals surface area contributed by atoms with Crippen LogP contribution in [-0.2, 0) is 9.53 Å². The Morgan fingerprint density at radius 3 is 2.29 bits per heavy atom. The van der Waals surface area contributed by atoms with Crippen LogP contribution in [0.15, 0.2) is 30.3 Å². The number of anilines is 1. The van der Waals surface area contributed by atoms with Crippen LogP contribution in [0.5, 0.6) is 0 Å². The van der Waals surface area contributed by atoms with E-state index >= 15 is 0 Å². The van der Waals surface area contributed by atoms with Crippen molar-refractivity contribution in [2.45, 2.75) is 59.1 Å². The van der Waals surface area contributed by atoms with E-state index in [0.717, 1.165) is 5.69 Å². The van der Waals surface area contributed by atoms with E-state index in [9.17, 15) is 9.59 Å². The minimum absolute atomic E-state index is 0.0526. The van der Waals surface area contributed by atoms with Gasteiger partial charge in [-0.2, -0.15) is 0 Å². The van der Waals surface area contributed by atoms with Crippen LogP contribution in [0.25, 0.3) is 0 Å². The van der Waals surface area contributed by atoms with Crippen LogP contribution in [0.3, 0.4) is 0 Å². The summed E-state index contributed by atoms with van der Waals surface area (Å²) in [5, 5.41) is 6.60. The van der Waals surface area contributed by atoms with Gasteiger partial charge in [-0.05, 0) is 51.7 Å². The maximum Gasteiger partial charge on any atom is 0.410 e. The minimum Gasteiger partial charge on any atom is -0.444 e. The molecular weight excluding hydrogens is 354 g/mol. The molecule has 156 valence electrons. The van der Waals surface area contributed by atoms with Gasteiger partial charge in [0.05, 0.1) is 0 Å². The summed E-state index contributed by atoms with van der Waals surface area (Å²) in [6, 6.07) is 10.2. The molecule has 0 aromatic heterocycles. The van der Waals surface area contributed by atoms with E-state index in [1.54, 1.807) is 4.90 Å². The number of carbonyl (C=O) groups excluding carboxylic acids is 2. The van der Waals surface area contributed by atoms with Crippen LogP contribution in [-0.4, -0.2) is 48.2 Å². The number of nitrogens with zero attached hydrogens (tertiary/aromatic N) is 1. The molecule has 1 unspecified atom stereocenters. The molecule has 1 saturated heterocycles. The number of benzene rings is 1. The number of rotatable bonds is 6. The first-order chi connectivity index (χ1) is 13.2. The predicted octanol–water partition coefficient (Wildman–Crippen LogP) is 3.89. The fourth-order valence-corrected chi connectivity index (χ4v) is 3.21. The Balaban J connectivity index is 1.79. The summed E-state index contributed by atoms with van der Waals surface area (Å²) in [6.45, 7) is 11.6. The van der Waals surface area contributed by atoms with Gasteiger partial charge in [0.25, 0.3) is 0 Å². The maximum atomic E-state index is 12.6. The monoisotopic (exact) mass is 389 g/mol. The smallest absolute Gasteiger partial charge is 0.410 e. The third-order valence-electron chi connectivity index (χ3n) is 4.94. The number of para-hydroxylation sites is 1. The van der Waals surface area contributed by atoms with E-state index < -0.39 is 5.60 Å². The average Bonchev–Trinajstić information content (AvgIpc) is 2.64. The average molecular weight is 390 g/mol. The van der Waals surface area contributed by atoms with Crippen molar-refractivity contribution < 1.29 is 14.3 Å². The van der Waals surface area contributed by atoms with Gasteiger partial charge in [0.2, 0.25) is 5.91 Å². The lowest BCUT2D eigenvalue weighted by molar-refractivity contribution is -0.126. The zero-order chi connectivity index (χ0) is 20.7. The molecule has 1 fully saturated rings. The van der Waals surface area contributed by atoms with E-state index in [2.05, 4.69) is 24.5 Å². The lowest BCUT2D eigenvalue weighted by Crippen LogP contribution is -2.46. The van der Waals surface area contributed by atoms with Crippen molar-refractivity contribution in [1.29, 1.82) is 0 Å². The highest BCUT2D eigenvalue weighted by Gasteiger charge is 2.30.